The van der Waals surface area contributed by atoms with Crippen LogP contribution in [0, 0.1) is 11.7 Å². The topological polar surface area (TPSA) is 68.3 Å². The first-order valence-corrected chi connectivity index (χ1v) is 7.55. The summed E-state index contributed by atoms with van der Waals surface area (Å²) in [5.41, 5.74) is 0.900. The van der Waals surface area contributed by atoms with Gasteiger partial charge in [-0.15, -0.1) is 0 Å². The third kappa shape index (κ3) is 3.69. The van der Waals surface area contributed by atoms with Gasteiger partial charge in [-0.2, -0.15) is 14.9 Å². The molecule has 0 fully saturated rings. The van der Waals surface area contributed by atoms with Crippen LogP contribution in [0.4, 0.5) is 0 Å². The molecule has 1 aromatic carbocycles. The minimum absolute atomic E-state index is 0.306. The van der Waals surface area contributed by atoms with E-state index in [2.05, 4.69) is 15.3 Å². The monoisotopic (exact) mass is 348 g/mol. The number of ether oxygens (including phenoxy) is 1. The summed E-state index contributed by atoms with van der Waals surface area (Å²) >= 11 is 11.1. The fourth-order valence-electron chi connectivity index (χ4n) is 1.88. The first-order valence-electron chi connectivity index (χ1n) is 6.76. The Morgan fingerprint density at radius 2 is 2.30 bits per heavy atom. The van der Waals surface area contributed by atoms with Crippen molar-refractivity contribution in [3.05, 3.63) is 63.5 Å². The van der Waals surface area contributed by atoms with Gasteiger partial charge in [-0.1, -0.05) is 17.7 Å². The van der Waals surface area contributed by atoms with Crippen molar-refractivity contribution in [1.82, 2.24) is 14.9 Å². The second kappa shape index (κ2) is 6.80. The first-order chi connectivity index (χ1) is 11.1. The third-order valence-electron chi connectivity index (χ3n) is 3.12. The van der Waals surface area contributed by atoms with Gasteiger partial charge < -0.3 is 9.15 Å². The normalized spacial score (nSPS) is 11.2. The molecule has 8 heteroatoms. The zero-order valence-corrected chi connectivity index (χ0v) is 13.8. The molecule has 0 aliphatic carbocycles. The van der Waals surface area contributed by atoms with E-state index < -0.39 is 0 Å². The molecule has 0 aliphatic rings. The average Bonchev–Trinajstić information content (AvgIpc) is 3.15. The molecule has 2 heterocycles. The van der Waals surface area contributed by atoms with Crippen LogP contribution in [0.1, 0.15) is 17.1 Å². The maximum absolute atomic E-state index is 6.06. The van der Waals surface area contributed by atoms with Gasteiger partial charge in [-0.25, -0.2) is 0 Å². The van der Waals surface area contributed by atoms with E-state index in [0.717, 1.165) is 11.3 Å². The number of hydrogen-bond acceptors (Lipinski definition) is 5. The molecule has 0 aliphatic heterocycles. The summed E-state index contributed by atoms with van der Waals surface area (Å²) in [5, 5.41) is 11.2. The number of H-pyrrole nitrogens is 1. The van der Waals surface area contributed by atoms with Gasteiger partial charge in [-0.05, 0) is 43.4 Å². The van der Waals surface area contributed by atoms with E-state index in [4.69, 9.17) is 33.0 Å². The minimum atomic E-state index is 0.306. The maximum Gasteiger partial charge on any atom is 0.216 e. The second-order valence-electron chi connectivity index (χ2n) is 4.71. The lowest BCUT2D eigenvalue weighted by Gasteiger charge is -2.08. The van der Waals surface area contributed by atoms with E-state index in [1.807, 2.05) is 31.2 Å². The zero-order valence-electron chi connectivity index (χ0n) is 12.2. The summed E-state index contributed by atoms with van der Waals surface area (Å²) in [7, 11) is 0. The lowest BCUT2D eigenvalue weighted by atomic mass is 10.2. The number of hydrogen-bond donors (Lipinski definition) is 1. The highest BCUT2D eigenvalue weighted by Gasteiger charge is 2.06. The van der Waals surface area contributed by atoms with Gasteiger partial charge in [0.2, 0.25) is 4.77 Å². The number of benzene rings is 1. The summed E-state index contributed by atoms with van der Waals surface area (Å²) in [5.74, 6) is 2.00. The fourth-order valence-corrected chi connectivity index (χ4v) is 2.19. The van der Waals surface area contributed by atoms with Crippen LogP contribution >= 0.6 is 23.8 Å². The number of nitrogens with zero attached hydrogens (tertiary/aromatic N) is 3. The Morgan fingerprint density at radius 3 is 3.09 bits per heavy atom. The largest absolute Gasteiger partial charge is 0.485 e. The van der Waals surface area contributed by atoms with Crippen LogP contribution < -0.4 is 4.74 Å². The molecule has 6 nitrogen and oxygen atoms in total. The van der Waals surface area contributed by atoms with Crippen molar-refractivity contribution >= 4 is 30.0 Å². The van der Waals surface area contributed by atoms with Gasteiger partial charge >= 0.3 is 0 Å². The lowest BCUT2D eigenvalue weighted by Crippen LogP contribution is -1.96. The Bertz CT molecular complexity index is 897. The number of halogens is 1. The SMILES string of the molecule is Cc1c(Cl)cccc1OCc1ccc(/C=N\n2cn[nH]c2=S)o1. The number of nitrogens with one attached hydrogen (secondary N) is 1. The molecular weight excluding hydrogens is 336 g/mol. The summed E-state index contributed by atoms with van der Waals surface area (Å²) < 4.78 is 13.2. The highest BCUT2D eigenvalue weighted by Crippen LogP contribution is 2.25. The van der Waals surface area contributed by atoms with E-state index in [-0.39, 0.29) is 0 Å². The van der Waals surface area contributed by atoms with E-state index in [0.29, 0.717) is 27.9 Å². The van der Waals surface area contributed by atoms with Crippen LogP contribution in [0.5, 0.6) is 5.75 Å². The van der Waals surface area contributed by atoms with Gasteiger partial charge in [-0.3, -0.25) is 5.10 Å². The quantitative estimate of drug-likeness (QED) is 0.559. The Balaban J connectivity index is 1.66. The molecule has 2 aromatic heterocycles. The van der Waals surface area contributed by atoms with Crippen molar-refractivity contribution in [3.8, 4) is 5.75 Å². The molecule has 3 aromatic rings. The highest BCUT2D eigenvalue weighted by molar-refractivity contribution is 7.71. The Hall–Kier alpha value is -2.38. The van der Waals surface area contributed by atoms with Crippen LogP contribution in [0.2, 0.25) is 5.02 Å². The molecule has 0 unspecified atom stereocenters. The van der Waals surface area contributed by atoms with Gasteiger partial charge in [0.25, 0.3) is 0 Å². The van der Waals surface area contributed by atoms with Gasteiger partial charge in [0.05, 0.1) is 6.21 Å². The van der Waals surface area contributed by atoms with Gasteiger partial charge in [0.1, 0.15) is 30.2 Å². The molecule has 23 heavy (non-hydrogen) atoms. The molecule has 0 amide bonds. The molecule has 0 saturated carbocycles. The van der Waals surface area contributed by atoms with Crippen molar-refractivity contribution in [1.29, 1.82) is 0 Å². The predicted molar refractivity (Wildman–Crippen MR) is 89.6 cm³/mol. The summed E-state index contributed by atoms with van der Waals surface area (Å²) in [6, 6.07) is 9.17. The summed E-state index contributed by atoms with van der Waals surface area (Å²) in [6.45, 7) is 2.21. The molecule has 0 saturated heterocycles. The van der Waals surface area contributed by atoms with Crippen LogP contribution in [0.25, 0.3) is 0 Å². The minimum Gasteiger partial charge on any atom is -0.485 e. The third-order valence-corrected chi connectivity index (χ3v) is 3.80. The van der Waals surface area contributed by atoms with Crippen LogP contribution in [0.15, 0.2) is 46.2 Å². The maximum atomic E-state index is 6.06. The van der Waals surface area contributed by atoms with Crippen molar-refractivity contribution < 1.29 is 9.15 Å². The molecular formula is C15H13ClN4O2S. The highest BCUT2D eigenvalue weighted by atomic mass is 35.5. The lowest BCUT2D eigenvalue weighted by molar-refractivity contribution is 0.268. The van der Waals surface area contributed by atoms with Gasteiger partial charge in [0, 0.05) is 10.6 Å². The molecule has 0 spiro atoms. The number of aromatic amines is 1. The average molecular weight is 349 g/mol. The Morgan fingerprint density at radius 1 is 1.43 bits per heavy atom. The molecule has 3 rings (SSSR count). The fraction of sp³-hybridized carbons (Fsp3) is 0.133. The van der Waals surface area contributed by atoms with Crippen molar-refractivity contribution in [3.63, 3.8) is 0 Å². The van der Waals surface area contributed by atoms with Crippen LogP contribution in [0.3, 0.4) is 0 Å². The molecule has 0 radical (unpaired) electrons. The molecule has 1 N–H and O–H groups in total. The van der Waals surface area contributed by atoms with E-state index in [1.54, 1.807) is 12.3 Å². The van der Waals surface area contributed by atoms with Crippen LogP contribution in [-0.2, 0) is 6.61 Å². The van der Waals surface area contributed by atoms with E-state index in [9.17, 15) is 0 Å². The Kier molecular flexibility index (Phi) is 4.59. The number of rotatable bonds is 5. The standard InChI is InChI=1S/C15H13ClN4O2S/c1-10-13(16)3-2-4-14(10)21-8-12-6-5-11(22-12)7-18-20-9-17-19-15(20)23/h2-7,9H,8H2,1H3,(H,19,23)/b18-7-. The summed E-state index contributed by atoms with van der Waals surface area (Å²) in [6.07, 6.45) is 3.03. The molecule has 118 valence electrons. The molecule has 0 atom stereocenters. The van der Waals surface area contributed by atoms with Crippen molar-refractivity contribution in [2.45, 2.75) is 13.5 Å². The first kappa shape index (κ1) is 15.5. The summed E-state index contributed by atoms with van der Waals surface area (Å²) in [4.78, 5) is 0. The second-order valence-corrected chi connectivity index (χ2v) is 5.50. The number of aromatic nitrogens is 3. The van der Waals surface area contributed by atoms with E-state index >= 15 is 0 Å². The predicted octanol–water partition coefficient (Wildman–Crippen LogP) is 3.96. The van der Waals surface area contributed by atoms with Crippen LogP contribution in [-0.4, -0.2) is 21.1 Å². The smallest absolute Gasteiger partial charge is 0.216 e. The van der Waals surface area contributed by atoms with Crippen molar-refractivity contribution in [2.24, 2.45) is 5.10 Å². The zero-order chi connectivity index (χ0) is 16.2. The van der Waals surface area contributed by atoms with E-state index in [1.165, 1.54) is 11.0 Å². The number of furan rings is 1. The molecule has 0 bridgehead atoms. The Labute approximate surface area is 142 Å². The van der Waals surface area contributed by atoms with Crippen molar-refractivity contribution in [2.75, 3.05) is 0 Å². The van der Waals surface area contributed by atoms with Gasteiger partial charge in [0.15, 0.2) is 0 Å².